The Balaban J connectivity index is 1.64. The number of nitrogens with zero attached hydrogens (tertiary/aromatic N) is 3. The summed E-state index contributed by atoms with van der Waals surface area (Å²) in [6.07, 6.45) is 1.61. The van der Waals surface area contributed by atoms with Crippen LogP contribution in [0.4, 0.5) is 22.7 Å². The van der Waals surface area contributed by atoms with E-state index in [1.807, 2.05) is 36.4 Å². The summed E-state index contributed by atoms with van der Waals surface area (Å²) < 4.78 is 0. The van der Waals surface area contributed by atoms with E-state index in [1.54, 1.807) is 12.3 Å². The Kier molecular flexibility index (Phi) is 5.90. The van der Waals surface area contributed by atoms with Crippen molar-refractivity contribution in [1.82, 2.24) is 4.98 Å². The van der Waals surface area contributed by atoms with Crippen molar-refractivity contribution in [2.24, 2.45) is 0 Å². The van der Waals surface area contributed by atoms with Crippen LogP contribution < -0.4 is 4.90 Å². The molecular formula is C36H25N3O2. The Morgan fingerprint density at radius 1 is 0.610 bits per heavy atom. The van der Waals surface area contributed by atoms with E-state index >= 15 is 0 Å². The molecule has 1 aliphatic rings. The van der Waals surface area contributed by atoms with Gasteiger partial charge in [0.05, 0.1) is 21.7 Å². The average Bonchev–Trinajstić information content (AvgIpc) is 3.04. The van der Waals surface area contributed by atoms with Crippen molar-refractivity contribution >= 4 is 22.7 Å². The van der Waals surface area contributed by atoms with E-state index in [1.165, 1.54) is 6.07 Å². The van der Waals surface area contributed by atoms with Crippen molar-refractivity contribution in [3.8, 4) is 11.3 Å². The number of hydrogen-bond acceptors (Lipinski definition) is 4. The van der Waals surface area contributed by atoms with Gasteiger partial charge in [0.15, 0.2) is 0 Å². The second-order valence-corrected chi connectivity index (χ2v) is 10.0. The quantitative estimate of drug-likeness (QED) is 0.164. The van der Waals surface area contributed by atoms with Gasteiger partial charge in [-0.2, -0.15) is 0 Å². The third kappa shape index (κ3) is 3.82. The third-order valence-electron chi connectivity index (χ3n) is 7.87. The monoisotopic (exact) mass is 531 g/mol. The van der Waals surface area contributed by atoms with Crippen molar-refractivity contribution in [3.05, 3.63) is 184 Å². The number of aromatic nitrogens is 1. The summed E-state index contributed by atoms with van der Waals surface area (Å²) in [5, 5.41) is 12.0. The molecule has 0 radical (unpaired) electrons. The van der Waals surface area contributed by atoms with E-state index in [0.717, 1.165) is 39.3 Å². The predicted molar refractivity (Wildman–Crippen MR) is 163 cm³/mol. The highest BCUT2D eigenvalue weighted by molar-refractivity contribution is 5.91. The minimum atomic E-state index is -0.695. The molecule has 1 aliphatic heterocycles. The zero-order chi connectivity index (χ0) is 27.8. The van der Waals surface area contributed by atoms with Crippen molar-refractivity contribution in [3.63, 3.8) is 0 Å². The minimum absolute atomic E-state index is 0.0198. The molecule has 41 heavy (non-hydrogen) atoms. The van der Waals surface area contributed by atoms with Gasteiger partial charge in [-0.3, -0.25) is 10.1 Å². The van der Waals surface area contributed by atoms with Gasteiger partial charge in [0.25, 0.3) is 5.69 Å². The Bertz CT molecular complexity index is 1830. The molecule has 0 unspecified atom stereocenters. The van der Waals surface area contributed by atoms with Crippen LogP contribution in [0.3, 0.4) is 0 Å². The molecular weight excluding hydrogens is 506 g/mol. The fourth-order valence-electron chi connectivity index (χ4n) is 6.23. The number of fused-ring (bicyclic) bond motifs is 2. The van der Waals surface area contributed by atoms with Crippen molar-refractivity contribution in [1.29, 1.82) is 0 Å². The molecule has 0 saturated carbocycles. The van der Waals surface area contributed by atoms with Gasteiger partial charge in [0.2, 0.25) is 0 Å². The molecule has 5 heteroatoms. The first kappa shape index (κ1) is 24.5. The van der Waals surface area contributed by atoms with Crippen LogP contribution in [0, 0.1) is 10.1 Å². The minimum Gasteiger partial charge on any atom is -0.310 e. The van der Waals surface area contributed by atoms with Gasteiger partial charge in [-0.05, 0) is 58.7 Å². The molecule has 196 valence electrons. The Labute approximate surface area is 238 Å². The van der Waals surface area contributed by atoms with Crippen LogP contribution in [-0.4, -0.2) is 9.91 Å². The normalized spacial score (nSPS) is 13.2. The summed E-state index contributed by atoms with van der Waals surface area (Å²) in [4.78, 5) is 18.4. The Hall–Kier alpha value is -5.55. The lowest BCUT2D eigenvalue weighted by Gasteiger charge is -2.46. The molecule has 0 saturated heterocycles. The molecule has 5 nitrogen and oxygen atoms in total. The fraction of sp³-hybridized carbons (Fsp3) is 0.0278. The number of benzene rings is 5. The SMILES string of the molecule is O=[N+]([O-])c1cccnc1-c1ccc2c(c1)C(c1ccccc1)(c1ccccc1)c1ccccc1N2c1ccccc1. The Morgan fingerprint density at radius 3 is 1.85 bits per heavy atom. The second kappa shape index (κ2) is 9.88. The van der Waals surface area contributed by atoms with Crippen LogP contribution in [0.15, 0.2) is 152 Å². The van der Waals surface area contributed by atoms with Crippen molar-refractivity contribution in [2.75, 3.05) is 4.90 Å². The van der Waals surface area contributed by atoms with E-state index in [9.17, 15) is 10.1 Å². The lowest BCUT2D eigenvalue weighted by atomic mass is 9.62. The Morgan fingerprint density at radius 2 is 1.20 bits per heavy atom. The maximum Gasteiger partial charge on any atom is 0.295 e. The zero-order valence-corrected chi connectivity index (χ0v) is 22.1. The topological polar surface area (TPSA) is 59.3 Å². The number of rotatable bonds is 5. The first-order valence-corrected chi connectivity index (χ1v) is 13.5. The first-order chi connectivity index (χ1) is 20.2. The van der Waals surface area contributed by atoms with Gasteiger partial charge < -0.3 is 4.90 Å². The van der Waals surface area contributed by atoms with Crippen LogP contribution >= 0.6 is 0 Å². The molecule has 0 fully saturated rings. The standard InChI is InChI=1S/C36H25N3O2/c40-39(41)34-21-12-24-37-35(34)26-22-23-33-31(25-26)36(27-13-4-1-5-14-27,28-15-6-2-7-16-28)30-19-10-11-20-32(30)38(33)29-17-8-3-9-18-29/h1-25H. The van der Waals surface area contributed by atoms with Crippen molar-refractivity contribution in [2.45, 2.75) is 5.41 Å². The van der Waals surface area contributed by atoms with E-state index in [4.69, 9.17) is 0 Å². The number of nitro groups is 1. The molecule has 6 aromatic rings. The van der Waals surface area contributed by atoms with Gasteiger partial charge in [-0.15, -0.1) is 0 Å². The number of hydrogen-bond donors (Lipinski definition) is 0. The summed E-state index contributed by atoms with van der Waals surface area (Å²) >= 11 is 0. The van der Waals surface area contributed by atoms with Gasteiger partial charge in [-0.25, -0.2) is 4.98 Å². The molecule has 0 bridgehead atoms. The zero-order valence-electron chi connectivity index (χ0n) is 22.1. The molecule has 0 spiro atoms. The van der Waals surface area contributed by atoms with Gasteiger partial charge in [0.1, 0.15) is 5.69 Å². The van der Waals surface area contributed by atoms with Crippen LogP contribution in [0.1, 0.15) is 22.3 Å². The second-order valence-electron chi connectivity index (χ2n) is 10.0. The molecule has 0 atom stereocenters. The number of anilines is 3. The summed E-state index contributed by atoms with van der Waals surface area (Å²) in [7, 11) is 0. The fourth-order valence-corrected chi connectivity index (χ4v) is 6.23. The summed E-state index contributed by atoms with van der Waals surface area (Å²) in [6, 6.07) is 49.1. The molecule has 0 N–H and O–H groups in total. The van der Waals surface area contributed by atoms with E-state index in [-0.39, 0.29) is 10.6 Å². The van der Waals surface area contributed by atoms with Gasteiger partial charge in [0, 0.05) is 23.5 Å². The lowest BCUT2D eigenvalue weighted by Crippen LogP contribution is -2.37. The summed E-state index contributed by atoms with van der Waals surface area (Å²) in [5.74, 6) is 0. The molecule has 0 amide bonds. The van der Waals surface area contributed by atoms with Crippen LogP contribution in [-0.2, 0) is 5.41 Å². The largest absolute Gasteiger partial charge is 0.310 e. The molecule has 7 rings (SSSR count). The van der Waals surface area contributed by atoms with E-state index in [0.29, 0.717) is 11.3 Å². The van der Waals surface area contributed by atoms with Gasteiger partial charge >= 0.3 is 0 Å². The summed E-state index contributed by atoms with van der Waals surface area (Å²) in [5.41, 5.74) is 7.82. The smallest absolute Gasteiger partial charge is 0.295 e. The highest BCUT2D eigenvalue weighted by atomic mass is 16.6. The van der Waals surface area contributed by atoms with Crippen LogP contribution in [0.25, 0.3) is 11.3 Å². The number of pyridine rings is 1. The molecule has 0 aliphatic carbocycles. The maximum absolute atomic E-state index is 12.0. The molecule has 5 aromatic carbocycles. The predicted octanol–water partition coefficient (Wildman–Crippen LogP) is 8.82. The van der Waals surface area contributed by atoms with Crippen LogP contribution in [0.5, 0.6) is 0 Å². The molecule has 2 heterocycles. The van der Waals surface area contributed by atoms with E-state index < -0.39 is 5.41 Å². The van der Waals surface area contributed by atoms with Gasteiger partial charge in [-0.1, -0.05) is 103 Å². The first-order valence-electron chi connectivity index (χ1n) is 13.5. The number of para-hydroxylation sites is 2. The lowest BCUT2D eigenvalue weighted by molar-refractivity contribution is -0.384. The summed E-state index contributed by atoms with van der Waals surface area (Å²) in [6.45, 7) is 0. The highest BCUT2D eigenvalue weighted by Gasteiger charge is 2.46. The average molecular weight is 532 g/mol. The van der Waals surface area contributed by atoms with E-state index in [2.05, 4.69) is 107 Å². The highest BCUT2D eigenvalue weighted by Crippen LogP contribution is 2.58. The third-order valence-corrected chi connectivity index (χ3v) is 7.87. The maximum atomic E-state index is 12.0. The van der Waals surface area contributed by atoms with Crippen molar-refractivity contribution < 1.29 is 4.92 Å². The van der Waals surface area contributed by atoms with Crippen LogP contribution in [0.2, 0.25) is 0 Å². The molecule has 1 aromatic heterocycles.